The number of halogens is 1. The van der Waals surface area contributed by atoms with E-state index in [9.17, 15) is 19.1 Å². The molecule has 0 aliphatic heterocycles. The number of amides is 2. The maximum Gasteiger partial charge on any atom is 0.268 e. The second kappa shape index (κ2) is 6.83. The van der Waals surface area contributed by atoms with Gasteiger partial charge in [-0.3, -0.25) is 14.8 Å². The summed E-state index contributed by atoms with van der Waals surface area (Å²) in [5.74, 6) is -2.52. The van der Waals surface area contributed by atoms with Gasteiger partial charge in [-0.25, -0.2) is 9.87 Å². The van der Waals surface area contributed by atoms with E-state index in [1.165, 1.54) is 31.6 Å². The van der Waals surface area contributed by atoms with Crippen LogP contribution >= 0.6 is 0 Å². The van der Waals surface area contributed by atoms with Gasteiger partial charge >= 0.3 is 0 Å². The summed E-state index contributed by atoms with van der Waals surface area (Å²) in [6.07, 6.45) is -1.24. The summed E-state index contributed by atoms with van der Waals surface area (Å²) in [7, 11) is 1.28. The summed E-state index contributed by atoms with van der Waals surface area (Å²) in [6, 6.07) is 2.13. The predicted molar refractivity (Wildman–Crippen MR) is 65.8 cm³/mol. The standard InChI is InChI=1S/C12H15FN2O5/c1-6(16)10(12(18)15-19)14-11(17)7-3-4-9(20-2)8(13)5-7/h3-6,10,16,19H,1-2H3,(H,14,17)(H,15,18). The fraction of sp³-hybridized carbons (Fsp3) is 0.333. The molecule has 0 aliphatic carbocycles. The maximum atomic E-state index is 13.5. The lowest BCUT2D eigenvalue weighted by atomic mass is 10.1. The highest BCUT2D eigenvalue weighted by Gasteiger charge is 2.26. The summed E-state index contributed by atoms with van der Waals surface area (Å²) in [5, 5.41) is 20.1. The number of carbonyl (C=O) groups excluding carboxylic acids is 2. The lowest BCUT2D eigenvalue weighted by Gasteiger charge is -2.19. The zero-order valence-electron chi connectivity index (χ0n) is 10.9. The molecule has 1 aromatic carbocycles. The summed E-state index contributed by atoms with van der Waals surface area (Å²) in [5.41, 5.74) is 1.27. The molecule has 0 bridgehead atoms. The largest absolute Gasteiger partial charge is 0.494 e. The Balaban J connectivity index is 2.89. The molecule has 0 saturated carbocycles. The van der Waals surface area contributed by atoms with Crippen LogP contribution in [0.25, 0.3) is 0 Å². The van der Waals surface area contributed by atoms with Crippen LogP contribution in [0.5, 0.6) is 5.75 Å². The highest BCUT2D eigenvalue weighted by atomic mass is 19.1. The zero-order valence-corrected chi connectivity index (χ0v) is 10.9. The topological polar surface area (TPSA) is 108 Å². The number of aliphatic hydroxyl groups excluding tert-OH is 1. The Kier molecular flexibility index (Phi) is 5.42. The average molecular weight is 286 g/mol. The number of nitrogens with one attached hydrogen (secondary N) is 2. The maximum absolute atomic E-state index is 13.5. The molecule has 0 fully saturated rings. The lowest BCUT2D eigenvalue weighted by Crippen LogP contribution is -2.51. The van der Waals surface area contributed by atoms with Crippen LogP contribution in [0.4, 0.5) is 4.39 Å². The van der Waals surface area contributed by atoms with E-state index < -0.39 is 29.8 Å². The third-order valence-corrected chi connectivity index (χ3v) is 2.58. The molecule has 1 aromatic rings. The van der Waals surface area contributed by atoms with Crippen LogP contribution in [-0.4, -0.2) is 41.4 Å². The van der Waals surface area contributed by atoms with Crippen molar-refractivity contribution in [2.45, 2.75) is 19.1 Å². The molecule has 0 saturated heterocycles. The van der Waals surface area contributed by atoms with E-state index in [-0.39, 0.29) is 11.3 Å². The van der Waals surface area contributed by atoms with Gasteiger partial charge in [-0.05, 0) is 25.1 Å². The zero-order chi connectivity index (χ0) is 15.3. The first kappa shape index (κ1) is 15.9. The number of rotatable bonds is 5. The number of hydrogen-bond donors (Lipinski definition) is 4. The molecular formula is C12H15FN2O5. The molecular weight excluding hydrogens is 271 g/mol. The lowest BCUT2D eigenvalue weighted by molar-refractivity contribution is -0.133. The molecule has 0 aliphatic rings. The van der Waals surface area contributed by atoms with Crippen LogP contribution in [-0.2, 0) is 4.79 Å². The van der Waals surface area contributed by atoms with E-state index in [0.717, 1.165) is 6.07 Å². The van der Waals surface area contributed by atoms with Gasteiger partial charge in [-0.15, -0.1) is 0 Å². The van der Waals surface area contributed by atoms with Crippen LogP contribution in [0.3, 0.4) is 0 Å². The van der Waals surface area contributed by atoms with Gasteiger partial charge in [-0.1, -0.05) is 0 Å². The monoisotopic (exact) mass is 286 g/mol. The van der Waals surface area contributed by atoms with Gasteiger partial charge in [0.2, 0.25) is 0 Å². The van der Waals surface area contributed by atoms with Gasteiger partial charge in [0.25, 0.3) is 11.8 Å². The van der Waals surface area contributed by atoms with Gasteiger partial charge in [0, 0.05) is 5.56 Å². The van der Waals surface area contributed by atoms with Crippen molar-refractivity contribution in [3.63, 3.8) is 0 Å². The molecule has 4 N–H and O–H groups in total. The van der Waals surface area contributed by atoms with E-state index in [1.54, 1.807) is 0 Å². The summed E-state index contributed by atoms with van der Waals surface area (Å²) in [6.45, 7) is 1.26. The Bertz CT molecular complexity index is 507. The van der Waals surface area contributed by atoms with Crippen LogP contribution in [0.15, 0.2) is 18.2 Å². The third kappa shape index (κ3) is 3.65. The molecule has 110 valence electrons. The molecule has 20 heavy (non-hydrogen) atoms. The normalized spacial score (nSPS) is 13.2. The van der Waals surface area contributed by atoms with Gasteiger partial charge in [0.1, 0.15) is 6.04 Å². The van der Waals surface area contributed by atoms with E-state index in [2.05, 4.69) is 5.32 Å². The molecule has 2 amide bonds. The quantitative estimate of drug-likeness (QED) is 0.443. The molecule has 7 nitrogen and oxygen atoms in total. The van der Waals surface area contributed by atoms with Crippen molar-refractivity contribution in [1.29, 1.82) is 0 Å². The summed E-state index contributed by atoms with van der Waals surface area (Å²) >= 11 is 0. The Morgan fingerprint density at radius 2 is 2.05 bits per heavy atom. The second-order valence-corrected chi connectivity index (χ2v) is 4.02. The van der Waals surface area contributed by atoms with E-state index >= 15 is 0 Å². The van der Waals surface area contributed by atoms with Crippen molar-refractivity contribution in [2.24, 2.45) is 0 Å². The number of hydroxylamine groups is 1. The van der Waals surface area contributed by atoms with Crippen LogP contribution < -0.4 is 15.5 Å². The van der Waals surface area contributed by atoms with Crippen molar-refractivity contribution in [3.8, 4) is 5.75 Å². The molecule has 0 aromatic heterocycles. The third-order valence-electron chi connectivity index (χ3n) is 2.58. The minimum atomic E-state index is -1.36. The minimum Gasteiger partial charge on any atom is -0.494 e. The second-order valence-electron chi connectivity index (χ2n) is 4.02. The smallest absolute Gasteiger partial charge is 0.268 e. The number of ether oxygens (including phenoxy) is 1. The molecule has 2 atom stereocenters. The first-order chi connectivity index (χ1) is 9.40. The van der Waals surface area contributed by atoms with Gasteiger partial charge < -0.3 is 15.2 Å². The molecule has 0 radical (unpaired) electrons. The predicted octanol–water partition coefficient (Wildman–Crippen LogP) is -0.181. The number of carbonyl (C=O) groups is 2. The van der Waals surface area contributed by atoms with Crippen LogP contribution in [0, 0.1) is 5.82 Å². The van der Waals surface area contributed by atoms with Crippen LogP contribution in [0.1, 0.15) is 17.3 Å². The fourth-order valence-corrected chi connectivity index (χ4v) is 1.51. The number of aliphatic hydroxyl groups is 1. The van der Waals surface area contributed by atoms with Crippen molar-refractivity contribution < 1.29 is 29.0 Å². The van der Waals surface area contributed by atoms with E-state index in [1.807, 2.05) is 0 Å². The highest BCUT2D eigenvalue weighted by Crippen LogP contribution is 2.17. The molecule has 1 rings (SSSR count). The SMILES string of the molecule is COc1ccc(C(=O)NC(C(=O)NO)C(C)O)cc1F. The molecule has 2 unspecified atom stereocenters. The van der Waals surface area contributed by atoms with Crippen molar-refractivity contribution in [2.75, 3.05) is 7.11 Å². The number of methoxy groups -OCH3 is 1. The van der Waals surface area contributed by atoms with E-state index in [4.69, 9.17) is 9.94 Å². The van der Waals surface area contributed by atoms with Crippen molar-refractivity contribution in [3.05, 3.63) is 29.6 Å². The molecule has 0 heterocycles. The number of hydrogen-bond acceptors (Lipinski definition) is 5. The van der Waals surface area contributed by atoms with Gasteiger partial charge in [0.15, 0.2) is 11.6 Å². The Morgan fingerprint density at radius 3 is 2.50 bits per heavy atom. The van der Waals surface area contributed by atoms with Crippen molar-refractivity contribution >= 4 is 11.8 Å². The Hall–Kier alpha value is -2.19. The Labute approximate surface area is 114 Å². The summed E-state index contributed by atoms with van der Waals surface area (Å²) < 4.78 is 18.2. The fourth-order valence-electron chi connectivity index (χ4n) is 1.51. The van der Waals surface area contributed by atoms with Crippen LogP contribution in [0.2, 0.25) is 0 Å². The highest BCUT2D eigenvalue weighted by molar-refractivity contribution is 5.97. The first-order valence-electron chi connectivity index (χ1n) is 5.67. The minimum absolute atomic E-state index is 0.0262. The average Bonchev–Trinajstić information content (AvgIpc) is 2.43. The van der Waals surface area contributed by atoms with Gasteiger partial charge in [-0.2, -0.15) is 0 Å². The Morgan fingerprint density at radius 1 is 1.40 bits per heavy atom. The molecule has 8 heteroatoms. The van der Waals surface area contributed by atoms with E-state index in [0.29, 0.717) is 0 Å². The summed E-state index contributed by atoms with van der Waals surface area (Å²) in [4.78, 5) is 23.1. The first-order valence-corrected chi connectivity index (χ1v) is 5.67. The van der Waals surface area contributed by atoms with Crippen molar-refractivity contribution in [1.82, 2.24) is 10.8 Å². The number of benzene rings is 1. The van der Waals surface area contributed by atoms with Gasteiger partial charge in [0.05, 0.1) is 13.2 Å². The molecule has 0 spiro atoms.